The molecule has 0 saturated heterocycles. The molecule has 0 radical (unpaired) electrons. The average Bonchev–Trinajstić information content (AvgIpc) is 3.03. The molecular formula is C23H15NO5. The number of benzene rings is 2. The molecule has 2 aliphatic heterocycles. The SMILES string of the molecule is O=C1C[C@@H](c2cccc(O)c2)c2c(ccc3c2O/C(=C\c2cccnc2)C3=O)O1. The molecule has 1 N–H and O–H groups in total. The normalized spacial score (nSPS) is 18.8. The Bertz CT molecular complexity index is 1180. The van der Waals surface area contributed by atoms with Crippen molar-refractivity contribution in [3.8, 4) is 17.2 Å². The highest BCUT2D eigenvalue weighted by Gasteiger charge is 2.38. The topological polar surface area (TPSA) is 85.7 Å². The lowest BCUT2D eigenvalue weighted by molar-refractivity contribution is -0.135. The minimum Gasteiger partial charge on any atom is -0.508 e. The van der Waals surface area contributed by atoms with Gasteiger partial charge < -0.3 is 14.6 Å². The highest BCUT2D eigenvalue weighted by atomic mass is 16.5. The lowest BCUT2D eigenvalue weighted by atomic mass is 9.84. The fourth-order valence-corrected chi connectivity index (χ4v) is 3.75. The molecule has 3 aromatic rings. The number of nitrogens with zero attached hydrogens (tertiary/aromatic N) is 1. The van der Waals surface area contributed by atoms with E-state index in [-0.39, 0.29) is 35.6 Å². The second kappa shape index (κ2) is 6.60. The number of hydrogen-bond donors (Lipinski definition) is 1. The number of ketones is 1. The highest BCUT2D eigenvalue weighted by molar-refractivity contribution is 6.15. The zero-order valence-corrected chi connectivity index (χ0v) is 15.2. The van der Waals surface area contributed by atoms with Crippen LogP contribution in [0, 0.1) is 0 Å². The Morgan fingerprint density at radius 1 is 1.07 bits per heavy atom. The Hall–Kier alpha value is -3.93. The monoisotopic (exact) mass is 385 g/mol. The molecule has 0 fully saturated rings. The van der Waals surface area contributed by atoms with Gasteiger partial charge in [-0.1, -0.05) is 18.2 Å². The Morgan fingerprint density at radius 2 is 1.97 bits per heavy atom. The number of pyridine rings is 1. The van der Waals surface area contributed by atoms with Crippen LogP contribution in [0.25, 0.3) is 6.08 Å². The molecule has 1 aromatic heterocycles. The Morgan fingerprint density at radius 3 is 2.76 bits per heavy atom. The van der Waals surface area contributed by atoms with Crippen LogP contribution < -0.4 is 9.47 Å². The summed E-state index contributed by atoms with van der Waals surface area (Å²) in [7, 11) is 0. The lowest BCUT2D eigenvalue weighted by Gasteiger charge is -2.26. The van der Waals surface area contributed by atoms with E-state index >= 15 is 0 Å². The standard InChI is InChI=1S/C23H15NO5/c25-15-5-1-4-14(10-15)17-11-20(26)28-18-7-6-16-22(27)19(29-23(16)21(17)18)9-13-3-2-8-24-12-13/h1-10,12,17,25H,11H2/b19-9-/t17-/m0/s1. The molecule has 0 bridgehead atoms. The smallest absolute Gasteiger partial charge is 0.312 e. The summed E-state index contributed by atoms with van der Waals surface area (Å²) in [6.45, 7) is 0. The molecular weight excluding hydrogens is 370 g/mol. The average molecular weight is 385 g/mol. The third-order valence-electron chi connectivity index (χ3n) is 5.03. The van der Waals surface area contributed by atoms with Crippen LogP contribution in [0.5, 0.6) is 17.2 Å². The second-order valence-corrected chi connectivity index (χ2v) is 6.91. The molecule has 0 spiro atoms. The fraction of sp³-hybridized carbons (Fsp3) is 0.0870. The maximum atomic E-state index is 12.9. The summed E-state index contributed by atoms with van der Waals surface area (Å²) in [4.78, 5) is 29.1. The van der Waals surface area contributed by atoms with E-state index in [9.17, 15) is 14.7 Å². The molecule has 5 rings (SSSR count). The zero-order valence-electron chi connectivity index (χ0n) is 15.2. The van der Waals surface area contributed by atoms with E-state index in [0.29, 0.717) is 22.6 Å². The summed E-state index contributed by atoms with van der Waals surface area (Å²) in [5.41, 5.74) is 2.54. The molecule has 2 aliphatic rings. The van der Waals surface area contributed by atoms with Crippen molar-refractivity contribution in [3.05, 3.63) is 88.9 Å². The number of carbonyl (C=O) groups excluding carboxylic acids is 2. The first-order valence-corrected chi connectivity index (χ1v) is 9.11. The summed E-state index contributed by atoms with van der Waals surface area (Å²) in [5.74, 6) is 0.0447. The van der Waals surface area contributed by atoms with Gasteiger partial charge in [-0.25, -0.2) is 0 Å². The summed E-state index contributed by atoms with van der Waals surface area (Å²) in [6.07, 6.45) is 5.02. The first-order valence-electron chi connectivity index (χ1n) is 9.11. The molecule has 0 unspecified atom stereocenters. The fourth-order valence-electron chi connectivity index (χ4n) is 3.75. The summed E-state index contributed by atoms with van der Waals surface area (Å²) >= 11 is 0. The van der Waals surface area contributed by atoms with Gasteiger partial charge in [0, 0.05) is 23.9 Å². The molecule has 6 nitrogen and oxygen atoms in total. The van der Waals surface area contributed by atoms with E-state index < -0.39 is 0 Å². The number of Topliss-reactive ketones (excluding diaryl/α,β-unsaturated/α-hetero) is 1. The summed E-state index contributed by atoms with van der Waals surface area (Å²) < 4.78 is 11.4. The van der Waals surface area contributed by atoms with Crippen molar-refractivity contribution in [3.63, 3.8) is 0 Å². The number of allylic oxidation sites excluding steroid dienone is 1. The van der Waals surface area contributed by atoms with Crippen LogP contribution in [0.3, 0.4) is 0 Å². The lowest BCUT2D eigenvalue weighted by Crippen LogP contribution is -2.21. The second-order valence-electron chi connectivity index (χ2n) is 6.91. The maximum absolute atomic E-state index is 12.9. The molecule has 1 atom stereocenters. The van der Waals surface area contributed by atoms with Crippen molar-refractivity contribution >= 4 is 17.8 Å². The van der Waals surface area contributed by atoms with Gasteiger partial charge in [0.25, 0.3) is 0 Å². The van der Waals surface area contributed by atoms with Crippen LogP contribution in [0.2, 0.25) is 0 Å². The van der Waals surface area contributed by atoms with Gasteiger partial charge in [0.05, 0.1) is 12.0 Å². The zero-order chi connectivity index (χ0) is 20.0. The van der Waals surface area contributed by atoms with Crippen LogP contribution in [0.15, 0.2) is 66.7 Å². The predicted octanol–water partition coefficient (Wildman–Crippen LogP) is 3.84. The highest BCUT2D eigenvalue weighted by Crippen LogP contribution is 2.49. The van der Waals surface area contributed by atoms with Gasteiger partial charge in [-0.2, -0.15) is 0 Å². The van der Waals surface area contributed by atoms with Gasteiger partial charge in [-0.15, -0.1) is 0 Å². The van der Waals surface area contributed by atoms with Gasteiger partial charge >= 0.3 is 5.97 Å². The number of esters is 1. The molecule has 0 amide bonds. The predicted molar refractivity (Wildman–Crippen MR) is 104 cm³/mol. The number of phenols is 1. The van der Waals surface area contributed by atoms with Gasteiger partial charge in [0.1, 0.15) is 17.2 Å². The quantitative estimate of drug-likeness (QED) is 0.410. The third kappa shape index (κ3) is 2.95. The van der Waals surface area contributed by atoms with Gasteiger partial charge in [-0.3, -0.25) is 14.6 Å². The number of carbonyl (C=O) groups is 2. The van der Waals surface area contributed by atoms with E-state index in [0.717, 1.165) is 11.1 Å². The van der Waals surface area contributed by atoms with E-state index in [1.165, 1.54) is 0 Å². The molecule has 2 aromatic carbocycles. The number of ether oxygens (including phenoxy) is 2. The largest absolute Gasteiger partial charge is 0.508 e. The third-order valence-corrected chi connectivity index (χ3v) is 5.03. The van der Waals surface area contributed by atoms with E-state index in [1.54, 1.807) is 54.9 Å². The van der Waals surface area contributed by atoms with Gasteiger partial charge in [0.15, 0.2) is 5.76 Å². The number of fused-ring (bicyclic) bond motifs is 3. The maximum Gasteiger partial charge on any atom is 0.312 e. The van der Waals surface area contributed by atoms with Crippen molar-refractivity contribution in [2.24, 2.45) is 0 Å². The van der Waals surface area contributed by atoms with Crippen LogP contribution in [0.4, 0.5) is 0 Å². The van der Waals surface area contributed by atoms with Crippen molar-refractivity contribution in [2.75, 3.05) is 0 Å². The van der Waals surface area contributed by atoms with Crippen LogP contribution in [-0.2, 0) is 4.79 Å². The van der Waals surface area contributed by atoms with Crippen molar-refractivity contribution in [1.82, 2.24) is 4.98 Å². The first kappa shape index (κ1) is 17.2. The molecule has 0 aliphatic carbocycles. The van der Waals surface area contributed by atoms with Gasteiger partial charge in [0.2, 0.25) is 5.78 Å². The number of aromatic hydroxyl groups is 1. The van der Waals surface area contributed by atoms with E-state index in [1.807, 2.05) is 12.1 Å². The molecule has 3 heterocycles. The molecule has 142 valence electrons. The molecule has 6 heteroatoms. The van der Waals surface area contributed by atoms with Crippen LogP contribution >= 0.6 is 0 Å². The van der Waals surface area contributed by atoms with Crippen molar-refractivity contribution < 1.29 is 24.2 Å². The summed E-state index contributed by atoms with van der Waals surface area (Å²) in [6, 6.07) is 13.5. The van der Waals surface area contributed by atoms with E-state index in [4.69, 9.17) is 9.47 Å². The molecule has 29 heavy (non-hydrogen) atoms. The number of phenolic OH excluding ortho intramolecular Hbond substituents is 1. The Labute approximate surface area is 166 Å². The number of rotatable bonds is 2. The van der Waals surface area contributed by atoms with E-state index in [2.05, 4.69) is 4.98 Å². The van der Waals surface area contributed by atoms with Crippen LogP contribution in [0.1, 0.15) is 39.4 Å². The summed E-state index contributed by atoms with van der Waals surface area (Å²) in [5, 5.41) is 9.88. The number of aromatic nitrogens is 1. The van der Waals surface area contributed by atoms with Crippen molar-refractivity contribution in [1.29, 1.82) is 0 Å². The minimum atomic E-state index is -0.390. The Balaban J connectivity index is 1.64. The van der Waals surface area contributed by atoms with Crippen LogP contribution in [-0.4, -0.2) is 21.8 Å². The minimum absolute atomic E-state index is 0.0894. The number of hydrogen-bond acceptors (Lipinski definition) is 6. The van der Waals surface area contributed by atoms with Crippen molar-refractivity contribution in [2.45, 2.75) is 12.3 Å². The van der Waals surface area contributed by atoms with Gasteiger partial charge in [-0.05, 0) is 47.5 Å². The molecule has 0 saturated carbocycles. The first-order chi connectivity index (χ1) is 14.1. The Kier molecular flexibility index (Phi) is 3.91.